The fourth-order valence-corrected chi connectivity index (χ4v) is 8.19. The molecule has 254 valence electrons. The van der Waals surface area contributed by atoms with Gasteiger partial charge in [-0.05, 0) is 80.3 Å². The zero-order chi connectivity index (χ0) is 32.9. The standard InChI is InChI=1S/C38H54N6O3/c1-4-29-11-10-28(24-30(29)5-2)25-32(37(46)43-18-12-33(13-19-43)41-22-20-40(3)21-23-41)26-36(45)42-16-14-34(15-17-42)44-27-31-8-6-7-9-35(31)39-38(44)47/h6-11,24,32-34H,4-5,12-23,25-27H2,1-3H3,(H,39,47). The second kappa shape index (κ2) is 15.2. The summed E-state index contributed by atoms with van der Waals surface area (Å²) in [7, 11) is 2.19. The highest BCUT2D eigenvalue weighted by Crippen LogP contribution is 2.29. The van der Waals surface area contributed by atoms with E-state index in [1.54, 1.807) is 0 Å². The summed E-state index contributed by atoms with van der Waals surface area (Å²) in [6.07, 6.45) is 6.28. The first kappa shape index (κ1) is 33.5. The number of nitrogens with one attached hydrogen (secondary N) is 1. The Morgan fingerprint density at radius 3 is 2.17 bits per heavy atom. The van der Waals surface area contributed by atoms with E-state index in [0.29, 0.717) is 32.1 Å². The number of hydrogen-bond donors (Lipinski definition) is 1. The lowest BCUT2D eigenvalue weighted by molar-refractivity contribution is -0.143. The number of aryl methyl sites for hydroxylation is 2. The predicted molar refractivity (Wildman–Crippen MR) is 186 cm³/mol. The Morgan fingerprint density at radius 1 is 0.809 bits per heavy atom. The molecule has 0 spiro atoms. The number of benzene rings is 2. The highest BCUT2D eigenvalue weighted by atomic mass is 16.2. The van der Waals surface area contributed by atoms with Crippen LogP contribution in [0.5, 0.6) is 0 Å². The number of hydrogen-bond acceptors (Lipinski definition) is 5. The van der Waals surface area contributed by atoms with Gasteiger partial charge in [-0.3, -0.25) is 14.5 Å². The van der Waals surface area contributed by atoms with Crippen LogP contribution in [0.3, 0.4) is 0 Å². The van der Waals surface area contributed by atoms with Crippen molar-refractivity contribution in [2.45, 2.75) is 83.8 Å². The number of likely N-dealkylation sites (N-methyl/N-ethyl adjacent to an activating group) is 1. The molecule has 0 bridgehead atoms. The summed E-state index contributed by atoms with van der Waals surface area (Å²) in [5.41, 5.74) is 5.85. The molecule has 1 unspecified atom stereocenters. The summed E-state index contributed by atoms with van der Waals surface area (Å²) in [5, 5.41) is 3.03. The number of para-hydroxylation sites is 1. The second-order valence-corrected chi connectivity index (χ2v) is 14.1. The third-order valence-electron chi connectivity index (χ3n) is 11.2. The molecule has 4 heterocycles. The van der Waals surface area contributed by atoms with E-state index < -0.39 is 0 Å². The molecule has 1 N–H and O–H groups in total. The minimum atomic E-state index is -0.373. The van der Waals surface area contributed by atoms with Crippen LogP contribution in [0.1, 0.15) is 68.2 Å². The van der Waals surface area contributed by atoms with E-state index in [1.807, 2.05) is 32.9 Å². The molecule has 3 saturated heterocycles. The van der Waals surface area contributed by atoms with Crippen LogP contribution in [0, 0.1) is 5.92 Å². The fraction of sp³-hybridized carbons (Fsp3) is 0.605. The first-order chi connectivity index (χ1) is 22.8. The summed E-state index contributed by atoms with van der Waals surface area (Å²) in [6, 6.07) is 15.2. The maximum atomic E-state index is 14.2. The van der Waals surface area contributed by atoms with Crippen LogP contribution in [0.15, 0.2) is 42.5 Å². The Bertz CT molecular complexity index is 1410. The largest absolute Gasteiger partial charge is 0.343 e. The van der Waals surface area contributed by atoms with Gasteiger partial charge in [0.25, 0.3) is 0 Å². The highest BCUT2D eigenvalue weighted by molar-refractivity contribution is 5.92. The van der Waals surface area contributed by atoms with Gasteiger partial charge in [0.2, 0.25) is 11.8 Å². The summed E-state index contributed by atoms with van der Waals surface area (Å²) >= 11 is 0. The normalized spacial score (nSPS) is 21.0. The van der Waals surface area contributed by atoms with Gasteiger partial charge < -0.3 is 24.9 Å². The average molecular weight is 643 g/mol. The van der Waals surface area contributed by atoms with E-state index in [4.69, 9.17) is 0 Å². The molecule has 3 fully saturated rings. The van der Waals surface area contributed by atoms with E-state index in [0.717, 1.165) is 94.6 Å². The Balaban J connectivity index is 1.09. The number of anilines is 1. The lowest BCUT2D eigenvalue weighted by atomic mass is 9.90. The molecule has 9 heteroatoms. The molecular formula is C38H54N6O3. The van der Waals surface area contributed by atoms with Crippen molar-refractivity contribution in [1.82, 2.24) is 24.5 Å². The molecule has 6 rings (SSSR count). The van der Waals surface area contributed by atoms with E-state index in [9.17, 15) is 14.4 Å². The van der Waals surface area contributed by atoms with Crippen LogP contribution >= 0.6 is 0 Å². The summed E-state index contributed by atoms with van der Waals surface area (Å²) in [6.45, 7) is 12.1. The zero-order valence-electron chi connectivity index (χ0n) is 28.8. The van der Waals surface area contributed by atoms with E-state index >= 15 is 0 Å². The molecular weight excluding hydrogens is 588 g/mol. The molecule has 2 aromatic carbocycles. The van der Waals surface area contributed by atoms with Crippen molar-refractivity contribution in [1.29, 1.82) is 0 Å². The highest BCUT2D eigenvalue weighted by Gasteiger charge is 2.36. The second-order valence-electron chi connectivity index (χ2n) is 14.1. The summed E-state index contributed by atoms with van der Waals surface area (Å²) < 4.78 is 0. The van der Waals surface area contributed by atoms with Gasteiger partial charge in [0.15, 0.2) is 0 Å². The number of rotatable bonds is 9. The third-order valence-corrected chi connectivity index (χ3v) is 11.2. The van der Waals surface area contributed by atoms with Crippen molar-refractivity contribution >= 4 is 23.5 Å². The van der Waals surface area contributed by atoms with Crippen LogP contribution < -0.4 is 5.32 Å². The number of nitrogens with zero attached hydrogens (tertiary/aromatic N) is 5. The molecule has 4 aliphatic rings. The maximum Gasteiger partial charge on any atom is 0.322 e. The van der Waals surface area contributed by atoms with Crippen molar-refractivity contribution in [2.75, 3.05) is 64.7 Å². The Morgan fingerprint density at radius 2 is 1.47 bits per heavy atom. The first-order valence-corrected chi connectivity index (χ1v) is 18.1. The Kier molecular flexibility index (Phi) is 10.8. The number of urea groups is 1. The van der Waals surface area contributed by atoms with Crippen molar-refractivity contribution in [3.8, 4) is 0 Å². The average Bonchev–Trinajstić information content (AvgIpc) is 3.11. The van der Waals surface area contributed by atoms with Crippen molar-refractivity contribution in [2.24, 2.45) is 5.92 Å². The number of fused-ring (bicyclic) bond motifs is 1. The van der Waals surface area contributed by atoms with Crippen LogP contribution in [0.2, 0.25) is 0 Å². The van der Waals surface area contributed by atoms with Gasteiger partial charge in [-0.2, -0.15) is 0 Å². The summed E-state index contributed by atoms with van der Waals surface area (Å²) in [5.74, 6) is -0.184. The fourth-order valence-electron chi connectivity index (χ4n) is 8.19. The zero-order valence-corrected chi connectivity index (χ0v) is 28.8. The van der Waals surface area contributed by atoms with Gasteiger partial charge in [-0.15, -0.1) is 0 Å². The smallest absolute Gasteiger partial charge is 0.322 e. The molecule has 2 aromatic rings. The van der Waals surface area contributed by atoms with Crippen molar-refractivity contribution in [3.05, 3.63) is 64.7 Å². The van der Waals surface area contributed by atoms with Crippen LogP contribution in [0.4, 0.5) is 10.5 Å². The van der Waals surface area contributed by atoms with Crippen LogP contribution in [-0.2, 0) is 35.4 Å². The monoisotopic (exact) mass is 642 g/mol. The number of amides is 4. The molecule has 0 saturated carbocycles. The van der Waals surface area contributed by atoms with Gasteiger partial charge in [0.05, 0.1) is 5.92 Å². The number of piperidine rings is 2. The van der Waals surface area contributed by atoms with E-state index in [-0.39, 0.29) is 36.2 Å². The first-order valence-electron chi connectivity index (χ1n) is 18.1. The molecule has 4 aliphatic heterocycles. The molecule has 47 heavy (non-hydrogen) atoms. The van der Waals surface area contributed by atoms with Crippen molar-refractivity contribution < 1.29 is 14.4 Å². The maximum absolute atomic E-state index is 14.2. The lowest BCUT2D eigenvalue weighted by Crippen LogP contribution is -2.54. The van der Waals surface area contributed by atoms with Crippen molar-refractivity contribution in [3.63, 3.8) is 0 Å². The number of carbonyl (C=O) groups is 3. The third kappa shape index (κ3) is 7.83. The van der Waals surface area contributed by atoms with E-state index in [1.165, 1.54) is 11.1 Å². The summed E-state index contributed by atoms with van der Waals surface area (Å²) in [4.78, 5) is 51.9. The lowest BCUT2D eigenvalue weighted by Gasteiger charge is -2.43. The minimum Gasteiger partial charge on any atom is -0.343 e. The molecule has 0 radical (unpaired) electrons. The van der Waals surface area contributed by atoms with Crippen LogP contribution in [0.25, 0.3) is 0 Å². The topological polar surface area (TPSA) is 79.4 Å². The molecule has 0 aliphatic carbocycles. The predicted octanol–water partition coefficient (Wildman–Crippen LogP) is 4.64. The quantitative estimate of drug-likeness (QED) is 0.432. The molecule has 1 atom stereocenters. The van der Waals surface area contributed by atoms with Gasteiger partial charge in [0.1, 0.15) is 0 Å². The van der Waals surface area contributed by atoms with E-state index in [2.05, 4.69) is 60.3 Å². The Labute approximate surface area is 281 Å². The molecule has 0 aromatic heterocycles. The number of piperazine rings is 1. The van der Waals surface area contributed by atoms with Gasteiger partial charge in [0, 0.05) is 83.1 Å². The van der Waals surface area contributed by atoms with Gasteiger partial charge in [-0.25, -0.2) is 4.79 Å². The number of carbonyl (C=O) groups excluding carboxylic acids is 3. The van der Waals surface area contributed by atoms with Gasteiger partial charge >= 0.3 is 6.03 Å². The van der Waals surface area contributed by atoms with Crippen LogP contribution in [-0.4, -0.2) is 114 Å². The molecule has 4 amide bonds. The minimum absolute atomic E-state index is 0.0588. The molecule has 9 nitrogen and oxygen atoms in total. The number of likely N-dealkylation sites (tertiary alicyclic amines) is 2. The SMILES string of the molecule is CCc1ccc(CC(CC(=O)N2CCC(N3Cc4ccccc4NC3=O)CC2)C(=O)N2CCC(N3CCN(C)CC3)CC2)cc1CC. The van der Waals surface area contributed by atoms with Gasteiger partial charge in [-0.1, -0.05) is 50.2 Å². The Hall–Kier alpha value is -3.43.